The number of aromatic nitrogens is 4. The fraction of sp³-hybridized carbons (Fsp3) is 0.529. The van der Waals surface area contributed by atoms with Gasteiger partial charge in [-0.1, -0.05) is 11.8 Å². The third kappa shape index (κ3) is 5.13. The third-order valence-electron chi connectivity index (χ3n) is 4.53. The monoisotopic (exact) mass is 438 g/mol. The van der Waals surface area contributed by atoms with Gasteiger partial charge >= 0.3 is 0 Å². The summed E-state index contributed by atoms with van der Waals surface area (Å²) in [5.74, 6) is 1.19. The van der Waals surface area contributed by atoms with E-state index in [0.29, 0.717) is 29.9 Å². The molecule has 2 aromatic rings. The zero-order valence-corrected chi connectivity index (χ0v) is 18.6. The van der Waals surface area contributed by atoms with Crippen LogP contribution in [0.25, 0.3) is 0 Å². The molecular formula is C17H26N8O2S2. The number of hydrogen-bond donors (Lipinski definition) is 1. The van der Waals surface area contributed by atoms with E-state index in [4.69, 9.17) is 5.73 Å². The second kappa shape index (κ2) is 8.78. The molecule has 1 saturated heterocycles. The van der Waals surface area contributed by atoms with Gasteiger partial charge in [-0.2, -0.15) is 19.3 Å². The van der Waals surface area contributed by atoms with E-state index in [9.17, 15) is 8.42 Å². The Bertz CT molecular complexity index is 944. The van der Waals surface area contributed by atoms with Gasteiger partial charge < -0.3 is 15.5 Å². The van der Waals surface area contributed by atoms with Crippen LogP contribution in [0.1, 0.15) is 18.0 Å². The minimum Gasteiger partial charge on any atom is -0.368 e. The molecule has 2 aromatic heterocycles. The Morgan fingerprint density at radius 3 is 2.41 bits per heavy atom. The fourth-order valence-corrected chi connectivity index (χ4v) is 4.98. The van der Waals surface area contributed by atoms with Crippen LogP contribution in [0.4, 0.5) is 11.9 Å². The van der Waals surface area contributed by atoms with E-state index in [-0.39, 0.29) is 16.1 Å². The third-order valence-corrected chi connectivity index (χ3v) is 7.46. The first kappa shape index (κ1) is 21.7. The lowest BCUT2D eigenvalue weighted by molar-refractivity contribution is 0.222. The predicted molar refractivity (Wildman–Crippen MR) is 113 cm³/mol. The van der Waals surface area contributed by atoms with Gasteiger partial charge in [-0.15, -0.1) is 0 Å². The summed E-state index contributed by atoms with van der Waals surface area (Å²) in [6.45, 7) is 4.36. The van der Waals surface area contributed by atoms with E-state index in [2.05, 4.69) is 24.8 Å². The maximum atomic E-state index is 12.8. The Labute approximate surface area is 175 Å². The molecule has 158 valence electrons. The number of piperazine rings is 1. The number of pyridine rings is 1. The minimum absolute atomic E-state index is 0.133. The van der Waals surface area contributed by atoms with Gasteiger partial charge in [0.25, 0.3) is 0 Å². The molecule has 0 aromatic carbocycles. The summed E-state index contributed by atoms with van der Waals surface area (Å²) in [6, 6.07) is 3.31. The van der Waals surface area contributed by atoms with E-state index in [1.54, 1.807) is 17.0 Å². The van der Waals surface area contributed by atoms with E-state index >= 15 is 0 Å². The van der Waals surface area contributed by atoms with Crippen molar-refractivity contribution in [2.24, 2.45) is 0 Å². The van der Waals surface area contributed by atoms with Gasteiger partial charge in [-0.25, -0.2) is 13.4 Å². The smallest absolute Gasteiger partial charge is 0.244 e. The first-order chi connectivity index (χ1) is 13.7. The molecule has 0 bridgehead atoms. The predicted octanol–water partition coefficient (Wildman–Crippen LogP) is 0.704. The summed E-state index contributed by atoms with van der Waals surface area (Å²) >= 11 is 1.43. The highest BCUT2D eigenvalue weighted by Gasteiger charge is 2.27. The number of rotatable bonds is 6. The van der Waals surface area contributed by atoms with Crippen LogP contribution in [0.3, 0.4) is 0 Å². The summed E-state index contributed by atoms with van der Waals surface area (Å²) in [7, 11) is 2.12. The minimum atomic E-state index is -3.52. The highest BCUT2D eigenvalue weighted by Crippen LogP contribution is 2.33. The van der Waals surface area contributed by atoms with Gasteiger partial charge in [-0.3, -0.25) is 0 Å². The highest BCUT2D eigenvalue weighted by atomic mass is 32.2. The van der Waals surface area contributed by atoms with Crippen LogP contribution >= 0.6 is 11.8 Å². The van der Waals surface area contributed by atoms with Crippen molar-refractivity contribution in [2.45, 2.75) is 22.1 Å². The fourth-order valence-electron chi connectivity index (χ4n) is 2.78. The molecular weight excluding hydrogens is 412 g/mol. The van der Waals surface area contributed by atoms with Crippen LogP contribution in [-0.4, -0.2) is 84.9 Å². The average Bonchev–Trinajstić information content (AvgIpc) is 2.68. The summed E-state index contributed by atoms with van der Waals surface area (Å²) in [6.07, 6.45) is 1.41. The van der Waals surface area contributed by atoms with E-state index in [1.165, 1.54) is 22.3 Å². The lowest BCUT2D eigenvalue weighted by Gasteiger charge is -2.31. The Balaban J connectivity index is 1.72. The molecule has 0 unspecified atom stereocenters. The second-order valence-electron chi connectivity index (χ2n) is 7.05. The van der Waals surface area contributed by atoms with Crippen molar-refractivity contribution in [3.05, 3.63) is 24.2 Å². The molecule has 1 aliphatic rings. The number of nitrogens with zero attached hydrogens (tertiary/aromatic N) is 7. The largest absolute Gasteiger partial charge is 0.368 e. The molecule has 2 N–H and O–H groups in total. The molecule has 1 fully saturated rings. The number of likely N-dealkylation sites (N-methyl/N-ethyl adjacent to an activating group) is 1. The molecule has 0 aliphatic carbocycles. The van der Waals surface area contributed by atoms with Gasteiger partial charge in [0.1, 0.15) is 10.7 Å². The summed E-state index contributed by atoms with van der Waals surface area (Å²) in [4.78, 5) is 21.1. The number of hydrogen-bond acceptors (Lipinski definition) is 10. The van der Waals surface area contributed by atoms with Crippen LogP contribution in [-0.2, 0) is 10.0 Å². The molecule has 0 spiro atoms. The maximum Gasteiger partial charge on any atom is 0.244 e. The number of anilines is 2. The average molecular weight is 439 g/mol. The SMILES string of the molecule is C[C@@H](Sc1ccc(S(=O)(=O)N2CCN(C)CC2)cn1)c1nc(N)nc(N(C)C)n1. The van der Waals surface area contributed by atoms with Crippen molar-refractivity contribution in [1.82, 2.24) is 29.1 Å². The van der Waals surface area contributed by atoms with Gasteiger partial charge in [0.15, 0.2) is 0 Å². The molecule has 0 radical (unpaired) electrons. The van der Waals surface area contributed by atoms with Crippen molar-refractivity contribution in [3.63, 3.8) is 0 Å². The van der Waals surface area contributed by atoms with Crippen LogP contribution in [0.15, 0.2) is 28.3 Å². The van der Waals surface area contributed by atoms with Crippen LogP contribution < -0.4 is 10.6 Å². The van der Waals surface area contributed by atoms with Crippen molar-refractivity contribution in [1.29, 1.82) is 0 Å². The summed E-state index contributed by atoms with van der Waals surface area (Å²) in [5, 5.41) is 0.548. The van der Waals surface area contributed by atoms with Gasteiger partial charge in [-0.05, 0) is 26.1 Å². The molecule has 29 heavy (non-hydrogen) atoms. The van der Waals surface area contributed by atoms with Gasteiger partial charge in [0.2, 0.25) is 21.9 Å². The first-order valence-corrected chi connectivity index (χ1v) is 11.5. The number of sulfonamides is 1. The molecule has 12 heteroatoms. The summed E-state index contributed by atoms with van der Waals surface area (Å²) < 4.78 is 27.1. The molecule has 0 amide bonds. The molecule has 1 aliphatic heterocycles. The highest BCUT2D eigenvalue weighted by molar-refractivity contribution is 7.99. The number of nitrogens with two attached hydrogens (primary N) is 1. The zero-order chi connectivity index (χ0) is 21.2. The lowest BCUT2D eigenvalue weighted by atomic mass is 10.4. The summed E-state index contributed by atoms with van der Waals surface area (Å²) in [5.41, 5.74) is 5.79. The zero-order valence-electron chi connectivity index (χ0n) is 17.0. The van der Waals surface area contributed by atoms with E-state index in [1.807, 2.05) is 28.1 Å². The number of nitrogen functional groups attached to an aromatic ring is 1. The second-order valence-corrected chi connectivity index (χ2v) is 10.3. The molecule has 3 heterocycles. The van der Waals surface area contributed by atoms with Crippen LogP contribution in [0, 0.1) is 0 Å². The van der Waals surface area contributed by atoms with Gasteiger partial charge in [0, 0.05) is 46.5 Å². The van der Waals surface area contributed by atoms with Crippen molar-refractivity contribution in [2.75, 3.05) is 58.0 Å². The Morgan fingerprint density at radius 1 is 1.14 bits per heavy atom. The Morgan fingerprint density at radius 2 is 1.83 bits per heavy atom. The van der Waals surface area contributed by atoms with E-state index < -0.39 is 10.0 Å². The lowest BCUT2D eigenvalue weighted by Crippen LogP contribution is -2.47. The van der Waals surface area contributed by atoms with Crippen molar-refractivity contribution < 1.29 is 8.42 Å². The molecule has 1 atom stereocenters. The van der Waals surface area contributed by atoms with Crippen molar-refractivity contribution in [3.8, 4) is 0 Å². The normalized spacial score (nSPS) is 17.2. The molecule has 3 rings (SSSR count). The molecule has 0 saturated carbocycles. The first-order valence-electron chi connectivity index (χ1n) is 9.17. The topological polar surface area (TPSA) is 121 Å². The maximum absolute atomic E-state index is 12.8. The van der Waals surface area contributed by atoms with Crippen LogP contribution in [0.2, 0.25) is 0 Å². The van der Waals surface area contributed by atoms with Crippen LogP contribution in [0.5, 0.6) is 0 Å². The molecule has 10 nitrogen and oxygen atoms in total. The van der Waals surface area contributed by atoms with E-state index in [0.717, 1.165) is 13.1 Å². The quantitative estimate of drug-likeness (QED) is 0.645. The van der Waals surface area contributed by atoms with Gasteiger partial charge in [0.05, 0.1) is 10.3 Å². The number of thioether (sulfide) groups is 1. The Kier molecular flexibility index (Phi) is 6.56. The Hall–Kier alpha value is -2.02. The van der Waals surface area contributed by atoms with Crippen molar-refractivity contribution >= 4 is 33.7 Å². The standard InChI is InChI=1S/C17H26N8O2S2/c1-12(15-20-16(18)22-17(21-15)23(2)3)28-14-6-5-13(11-19-14)29(26,27)25-9-7-24(4)8-10-25/h5-6,11-12H,7-10H2,1-4H3,(H2,18,20,21,22)/t12-/m1/s1.